The van der Waals surface area contributed by atoms with Crippen LogP contribution in [0.15, 0.2) is 6.20 Å². The molecule has 0 aliphatic heterocycles. The second-order valence-corrected chi connectivity index (χ2v) is 2.70. The molecule has 1 N–H and O–H groups in total. The van der Waals surface area contributed by atoms with Gasteiger partial charge in [-0.2, -0.15) is 0 Å². The average molecular weight is 217 g/mol. The van der Waals surface area contributed by atoms with Crippen molar-refractivity contribution in [3.8, 4) is 0 Å². The van der Waals surface area contributed by atoms with E-state index in [4.69, 9.17) is 5.11 Å². The molecule has 15 heavy (non-hydrogen) atoms. The van der Waals surface area contributed by atoms with Gasteiger partial charge in [-0.25, -0.2) is 9.55 Å². The van der Waals surface area contributed by atoms with Crippen molar-refractivity contribution in [3.05, 3.63) is 22.1 Å². The predicted octanol–water partition coefficient (Wildman–Crippen LogP) is 0.355. The van der Waals surface area contributed by atoms with Crippen LogP contribution in [0.25, 0.3) is 0 Å². The molecule has 0 aromatic carbocycles. The molecule has 0 aliphatic rings. The fraction of sp³-hybridized carbons (Fsp3) is 0.625. The van der Waals surface area contributed by atoms with Gasteiger partial charge in [0, 0.05) is 21.1 Å². The molecular weight excluding hydrogens is 202 g/mol. The number of hydrogen-bond acceptors (Lipinski definition) is 5. The van der Waals surface area contributed by atoms with E-state index in [1.54, 1.807) is 21.1 Å². The van der Waals surface area contributed by atoms with Crippen LogP contribution in [0.4, 0.5) is 5.82 Å². The quantitative estimate of drug-likeness (QED) is 0.583. The minimum Gasteiger partial charge on any atom is -0.392 e. The van der Waals surface area contributed by atoms with Crippen LogP contribution in [0.5, 0.6) is 0 Å². The molecule has 7 heteroatoms. The fourth-order valence-corrected chi connectivity index (χ4v) is 0.978. The summed E-state index contributed by atoms with van der Waals surface area (Å²) in [5.41, 5.74) is 0. The third-order valence-corrected chi connectivity index (χ3v) is 1.54. The van der Waals surface area contributed by atoms with Gasteiger partial charge in [-0.05, 0) is 4.92 Å². The van der Waals surface area contributed by atoms with Gasteiger partial charge in [0.25, 0.3) is 0 Å². The molecular formula is C8H15N3O4. The summed E-state index contributed by atoms with van der Waals surface area (Å²) in [6.07, 6.45) is 1.19. The van der Waals surface area contributed by atoms with E-state index < -0.39 is 4.92 Å². The van der Waals surface area contributed by atoms with Gasteiger partial charge < -0.3 is 20.0 Å². The molecule has 0 saturated carbocycles. The van der Waals surface area contributed by atoms with Crippen LogP contribution in [0.2, 0.25) is 0 Å². The zero-order valence-corrected chi connectivity index (χ0v) is 9.01. The van der Waals surface area contributed by atoms with E-state index in [1.807, 2.05) is 0 Å². The summed E-state index contributed by atoms with van der Waals surface area (Å²) in [7, 11) is 3.25. The van der Waals surface area contributed by atoms with E-state index in [9.17, 15) is 10.1 Å². The van der Waals surface area contributed by atoms with Gasteiger partial charge in [0.2, 0.25) is 0 Å². The van der Waals surface area contributed by atoms with Crippen LogP contribution in [-0.4, -0.2) is 40.4 Å². The van der Waals surface area contributed by atoms with Crippen molar-refractivity contribution in [2.45, 2.75) is 13.5 Å². The van der Waals surface area contributed by atoms with E-state index in [2.05, 4.69) is 9.72 Å². The number of aromatic nitrogens is 2. The summed E-state index contributed by atoms with van der Waals surface area (Å²) in [6, 6.07) is 0. The summed E-state index contributed by atoms with van der Waals surface area (Å²) >= 11 is 0. The fourth-order valence-electron chi connectivity index (χ4n) is 0.978. The largest absolute Gasteiger partial charge is 0.392 e. The summed E-state index contributed by atoms with van der Waals surface area (Å²) in [6.45, 7) is 1.74. The first-order chi connectivity index (χ1) is 7.08. The summed E-state index contributed by atoms with van der Waals surface area (Å²) in [4.78, 5) is 13.6. The van der Waals surface area contributed by atoms with Gasteiger partial charge in [0.1, 0.15) is 12.7 Å². The topological polar surface area (TPSA) is 90.4 Å². The minimum absolute atomic E-state index is 0.0819. The maximum atomic E-state index is 10.4. The van der Waals surface area contributed by atoms with E-state index >= 15 is 0 Å². The Balaban J connectivity index is 0.000000583. The maximum Gasteiger partial charge on any atom is 0.342 e. The third-order valence-electron chi connectivity index (χ3n) is 1.54. The lowest BCUT2D eigenvalue weighted by molar-refractivity contribution is -0.392. The number of nitrogens with zero attached hydrogens (tertiary/aromatic N) is 3. The first-order valence-electron chi connectivity index (χ1n) is 4.26. The number of hydrogen-bond donors (Lipinski definition) is 1. The predicted molar refractivity (Wildman–Crippen MR) is 53.6 cm³/mol. The number of methoxy groups -OCH3 is 1. The van der Waals surface area contributed by atoms with Crippen molar-refractivity contribution < 1.29 is 14.8 Å². The molecule has 86 valence electrons. The highest BCUT2D eigenvalue weighted by atomic mass is 16.6. The van der Waals surface area contributed by atoms with Gasteiger partial charge in [0.05, 0.1) is 6.61 Å². The molecule has 0 bridgehead atoms. The standard InChI is InChI=1S/C6H9N3O3.C2H6O/c1-5-7-4-6(9(11)12)8(5)2-3-10;1-3-2/h4,10H,2-3H2,1H3;1-2H3. The first kappa shape index (κ1) is 13.5. The maximum absolute atomic E-state index is 10.4. The Morgan fingerprint density at radius 2 is 2.20 bits per heavy atom. The van der Waals surface area contributed by atoms with Gasteiger partial charge in [-0.3, -0.25) is 0 Å². The van der Waals surface area contributed by atoms with Crippen LogP contribution < -0.4 is 0 Å². The molecule has 0 spiro atoms. The van der Waals surface area contributed by atoms with Gasteiger partial charge in [-0.1, -0.05) is 0 Å². The Morgan fingerprint density at radius 3 is 2.60 bits per heavy atom. The lowest BCUT2D eigenvalue weighted by Gasteiger charge is -1.98. The zero-order valence-electron chi connectivity index (χ0n) is 9.01. The molecule has 1 rings (SSSR count). The van der Waals surface area contributed by atoms with Crippen molar-refractivity contribution in [1.82, 2.24) is 9.55 Å². The Hall–Kier alpha value is -1.47. The van der Waals surface area contributed by atoms with Crippen LogP contribution in [-0.2, 0) is 11.3 Å². The molecule has 0 amide bonds. The summed E-state index contributed by atoms with van der Waals surface area (Å²) in [5, 5.41) is 19.0. The molecule has 0 aliphatic carbocycles. The van der Waals surface area contributed by atoms with Crippen LogP contribution >= 0.6 is 0 Å². The Kier molecular flexibility index (Phi) is 6.23. The lowest BCUT2D eigenvalue weighted by atomic mass is 10.6. The van der Waals surface area contributed by atoms with Gasteiger partial charge >= 0.3 is 5.82 Å². The third kappa shape index (κ3) is 4.05. The number of aliphatic hydroxyl groups excluding tert-OH is 1. The van der Waals surface area contributed by atoms with E-state index in [0.717, 1.165) is 0 Å². The first-order valence-corrected chi connectivity index (χ1v) is 4.26. The molecule has 0 fully saturated rings. The second-order valence-electron chi connectivity index (χ2n) is 2.70. The highest BCUT2D eigenvalue weighted by Gasteiger charge is 2.15. The minimum atomic E-state index is -0.518. The molecule has 0 radical (unpaired) electrons. The summed E-state index contributed by atoms with van der Waals surface area (Å²) in [5.74, 6) is 0.456. The van der Waals surface area contributed by atoms with Crippen LogP contribution in [0, 0.1) is 17.0 Å². The monoisotopic (exact) mass is 217 g/mol. The second kappa shape index (κ2) is 6.91. The van der Waals surface area contributed by atoms with Crippen LogP contribution in [0.3, 0.4) is 0 Å². The van der Waals surface area contributed by atoms with Crippen LogP contribution in [0.1, 0.15) is 5.82 Å². The van der Waals surface area contributed by atoms with E-state index in [1.165, 1.54) is 10.8 Å². The number of rotatable bonds is 3. The molecule has 1 heterocycles. The SMILES string of the molecule is COC.Cc1ncc([N+](=O)[O-])n1CCO. The van der Waals surface area contributed by atoms with Crippen molar-refractivity contribution in [2.75, 3.05) is 20.8 Å². The lowest BCUT2D eigenvalue weighted by Crippen LogP contribution is -2.07. The van der Waals surface area contributed by atoms with Crippen molar-refractivity contribution >= 4 is 5.82 Å². The van der Waals surface area contributed by atoms with Crippen molar-refractivity contribution in [2.24, 2.45) is 0 Å². The van der Waals surface area contributed by atoms with Gasteiger partial charge in [0.15, 0.2) is 5.82 Å². The number of aryl methyl sites for hydroxylation is 1. The Morgan fingerprint density at radius 1 is 1.67 bits per heavy atom. The zero-order chi connectivity index (χ0) is 11.8. The van der Waals surface area contributed by atoms with Gasteiger partial charge in [-0.15, -0.1) is 0 Å². The molecule has 0 unspecified atom stereocenters. The molecule has 1 aromatic heterocycles. The highest BCUT2D eigenvalue weighted by Crippen LogP contribution is 2.12. The average Bonchev–Trinajstić information content (AvgIpc) is 2.50. The number of nitro groups is 1. The summed E-state index contributed by atoms with van der Waals surface area (Å²) < 4.78 is 5.61. The smallest absolute Gasteiger partial charge is 0.342 e. The number of ether oxygens (including phenoxy) is 1. The van der Waals surface area contributed by atoms with E-state index in [-0.39, 0.29) is 19.0 Å². The number of imidazole rings is 1. The van der Waals surface area contributed by atoms with Crippen molar-refractivity contribution in [3.63, 3.8) is 0 Å². The number of aliphatic hydroxyl groups is 1. The molecule has 0 atom stereocenters. The molecule has 1 aromatic rings. The molecule has 7 nitrogen and oxygen atoms in total. The normalized spacial score (nSPS) is 9.33. The molecule has 0 saturated heterocycles. The highest BCUT2D eigenvalue weighted by molar-refractivity contribution is 5.18. The van der Waals surface area contributed by atoms with E-state index in [0.29, 0.717) is 5.82 Å². The Labute approximate surface area is 87.5 Å². The van der Waals surface area contributed by atoms with Crippen molar-refractivity contribution in [1.29, 1.82) is 0 Å². The Bertz CT molecular complexity index is 311.